The first-order valence-electron chi connectivity index (χ1n) is 7.06. The highest BCUT2D eigenvalue weighted by atomic mass is 35.5. The molecule has 0 unspecified atom stereocenters. The van der Waals surface area contributed by atoms with Crippen LogP contribution in [0.25, 0.3) is 0 Å². The first-order valence-corrected chi connectivity index (χ1v) is 7.43. The van der Waals surface area contributed by atoms with Gasteiger partial charge in [0, 0.05) is 16.1 Å². The zero-order valence-electron chi connectivity index (χ0n) is 11.5. The first kappa shape index (κ1) is 12.2. The van der Waals surface area contributed by atoms with Crippen LogP contribution in [0.2, 0.25) is 5.02 Å². The summed E-state index contributed by atoms with van der Waals surface area (Å²) in [5.41, 5.74) is 7.00. The number of fused-ring (bicyclic) bond motifs is 1. The molecule has 2 aromatic carbocycles. The maximum absolute atomic E-state index is 6.04. The summed E-state index contributed by atoms with van der Waals surface area (Å²) in [7, 11) is 0. The van der Waals surface area contributed by atoms with Gasteiger partial charge in [-0.3, -0.25) is 4.99 Å². The van der Waals surface area contributed by atoms with Crippen molar-refractivity contribution in [3.8, 4) is 0 Å². The van der Waals surface area contributed by atoms with E-state index in [1.807, 2.05) is 12.1 Å². The van der Waals surface area contributed by atoms with Crippen LogP contribution in [0.15, 0.2) is 47.5 Å². The van der Waals surface area contributed by atoms with E-state index in [4.69, 9.17) is 16.6 Å². The van der Waals surface area contributed by atoms with Gasteiger partial charge in [-0.05, 0) is 48.6 Å². The highest BCUT2D eigenvalue weighted by Crippen LogP contribution is 2.50. The van der Waals surface area contributed by atoms with Crippen LogP contribution in [-0.4, -0.2) is 5.71 Å². The molecule has 2 aliphatic heterocycles. The van der Waals surface area contributed by atoms with Gasteiger partial charge in [0.05, 0.1) is 6.54 Å². The molecule has 0 amide bonds. The van der Waals surface area contributed by atoms with E-state index in [9.17, 15) is 0 Å². The van der Waals surface area contributed by atoms with Crippen LogP contribution in [0.5, 0.6) is 0 Å². The second kappa shape index (κ2) is 4.20. The molecule has 3 aliphatic rings. The van der Waals surface area contributed by atoms with E-state index in [0.717, 1.165) is 24.4 Å². The van der Waals surface area contributed by atoms with E-state index >= 15 is 0 Å². The number of nitrogens with zero attached hydrogens (tertiary/aromatic N) is 1. The van der Waals surface area contributed by atoms with Gasteiger partial charge in [-0.1, -0.05) is 47.5 Å². The maximum atomic E-state index is 6.04. The number of benzene rings is 2. The molecule has 2 heterocycles. The normalized spacial score (nSPS) is 18.6. The minimum absolute atomic E-state index is 0.128. The van der Waals surface area contributed by atoms with Crippen LogP contribution in [0, 0.1) is 6.92 Å². The number of hydrogen-bond acceptors (Lipinski definition) is 1. The number of hydrogen-bond donors (Lipinski definition) is 0. The third kappa shape index (κ3) is 1.66. The fourth-order valence-electron chi connectivity index (χ4n) is 3.59. The lowest BCUT2D eigenvalue weighted by Gasteiger charge is -2.43. The Kier molecular flexibility index (Phi) is 2.55. The van der Waals surface area contributed by atoms with Crippen molar-refractivity contribution < 1.29 is 0 Å². The summed E-state index contributed by atoms with van der Waals surface area (Å²) in [6.07, 6.45) is 2.12. The van der Waals surface area contributed by atoms with E-state index in [-0.39, 0.29) is 5.41 Å². The molecule has 0 saturated heterocycles. The second-order valence-electron chi connectivity index (χ2n) is 5.99. The number of aryl methyl sites for hydroxylation is 1. The van der Waals surface area contributed by atoms with Crippen LogP contribution >= 0.6 is 11.6 Å². The fourth-order valence-corrected chi connectivity index (χ4v) is 3.72. The topological polar surface area (TPSA) is 12.4 Å². The van der Waals surface area contributed by atoms with Crippen molar-refractivity contribution in [3.63, 3.8) is 0 Å². The van der Waals surface area contributed by atoms with E-state index in [2.05, 4.69) is 37.3 Å². The van der Waals surface area contributed by atoms with Gasteiger partial charge >= 0.3 is 0 Å². The first-order chi connectivity index (χ1) is 9.67. The highest BCUT2D eigenvalue weighted by Gasteiger charge is 2.47. The van der Waals surface area contributed by atoms with Gasteiger partial charge in [-0.15, -0.1) is 0 Å². The summed E-state index contributed by atoms with van der Waals surface area (Å²) in [6, 6.07) is 15.2. The zero-order valence-corrected chi connectivity index (χ0v) is 12.2. The van der Waals surface area contributed by atoms with E-state index in [1.165, 1.54) is 28.0 Å². The molecule has 20 heavy (non-hydrogen) atoms. The Morgan fingerprint density at radius 2 is 1.80 bits per heavy atom. The van der Waals surface area contributed by atoms with E-state index < -0.39 is 0 Å². The fraction of sp³-hybridized carbons (Fsp3) is 0.278. The summed E-state index contributed by atoms with van der Waals surface area (Å²) in [5, 5.41) is 0.802. The number of halogens is 1. The predicted molar refractivity (Wildman–Crippen MR) is 83.8 cm³/mol. The molecule has 1 fully saturated rings. The maximum Gasteiger partial charge on any atom is 0.0642 e. The highest BCUT2D eigenvalue weighted by molar-refractivity contribution is 6.30. The summed E-state index contributed by atoms with van der Waals surface area (Å²) >= 11 is 6.04. The number of rotatable bonds is 1. The molecule has 0 radical (unpaired) electrons. The number of aliphatic imine (C=N–C) groups is 1. The van der Waals surface area contributed by atoms with Crippen LogP contribution in [0.4, 0.5) is 0 Å². The minimum Gasteiger partial charge on any atom is -0.289 e. The molecule has 2 bridgehead atoms. The monoisotopic (exact) mass is 281 g/mol. The molecule has 0 aromatic heterocycles. The standard InChI is InChI=1S/C18H16ClN/c1-12-2-7-17-13(8-12)11-20-16-9-18(17,10-16)14-3-5-15(19)6-4-14/h2-8H,9-11H2,1H3. The third-order valence-corrected chi connectivity index (χ3v) is 4.91. The quantitative estimate of drug-likeness (QED) is 0.719. The molecule has 2 heteroatoms. The minimum atomic E-state index is 0.128. The Balaban J connectivity index is 1.91. The van der Waals surface area contributed by atoms with Crippen molar-refractivity contribution >= 4 is 17.3 Å². The van der Waals surface area contributed by atoms with E-state index in [1.54, 1.807) is 0 Å². The molecule has 1 aliphatic carbocycles. The Morgan fingerprint density at radius 1 is 1.05 bits per heavy atom. The summed E-state index contributed by atoms with van der Waals surface area (Å²) in [6.45, 7) is 2.99. The average Bonchev–Trinajstić information content (AvgIpc) is 2.64. The molecule has 100 valence electrons. The van der Waals surface area contributed by atoms with Crippen molar-refractivity contribution in [2.24, 2.45) is 4.99 Å². The Hall–Kier alpha value is -1.60. The zero-order chi connectivity index (χ0) is 13.7. The van der Waals surface area contributed by atoms with Gasteiger partial charge in [0.15, 0.2) is 0 Å². The molecule has 0 atom stereocenters. The molecule has 2 aromatic rings. The molecular weight excluding hydrogens is 266 g/mol. The van der Waals surface area contributed by atoms with Crippen molar-refractivity contribution in [2.75, 3.05) is 0 Å². The summed E-state index contributed by atoms with van der Waals surface area (Å²) in [5.74, 6) is 0. The second-order valence-corrected chi connectivity index (χ2v) is 6.42. The lowest BCUT2D eigenvalue weighted by atomic mass is 9.59. The van der Waals surface area contributed by atoms with Crippen LogP contribution in [0.1, 0.15) is 35.1 Å². The third-order valence-electron chi connectivity index (χ3n) is 4.66. The van der Waals surface area contributed by atoms with Crippen LogP contribution in [0.3, 0.4) is 0 Å². The molecular formula is C18H16ClN. The Bertz CT molecular complexity index is 705. The molecule has 1 nitrogen and oxygen atoms in total. The van der Waals surface area contributed by atoms with Gasteiger partial charge in [0.1, 0.15) is 0 Å². The van der Waals surface area contributed by atoms with Crippen LogP contribution in [-0.2, 0) is 12.0 Å². The van der Waals surface area contributed by atoms with Crippen molar-refractivity contribution in [2.45, 2.75) is 31.7 Å². The lowest BCUT2D eigenvalue weighted by molar-refractivity contribution is 0.489. The molecule has 0 spiro atoms. The van der Waals surface area contributed by atoms with Crippen molar-refractivity contribution in [1.82, 2.24) is 0 Å². The van der Waals surface area contributed by atoms with E-state index in [0.29, 0.717) is 0 Å². The Morgan fingerprint density at radius 3 is 2.55 bits per heavy atom. The average molecular weight is 282 g/mol. The van der Waals surface area contributed by atoms with Gasteiger partial charge in [-0.2, -0.15) is 0 Å². The SMILES string of the molecule is Cc1ccc2c(c1)CN=C1CC2(c2ccc(Cl)cc2)C1. The van der Waals surface area contributed by atoms with Crippen molar-refractivity contribution in [3.05, 3.63) is 69.7 Å². The largest absolute Gasteiger partial charge is 0.289 e. The molecule has 0 N–H and O–H groups in total. The van der Waals surface area contributed by atoms with Gasteiger partial charge in [-0.25, -0.2) is 0 Å². The molecule has 1 saturated carbocycles. The van der Waals surface area contributed by atoms with Crippen molar-refractivity contribution in [1.29, 1.82) is 0 Å². The summed E-state index contributed by atoms with van der Waals surface area (Å²) in [4.78, 5) is 4.75. The predicted octanol–water partition coefficient (Wildman–Crippen LogP) is 4.68. The smallest absolute Gasteiger partial charge is 0.0642 e. The Labute approximate surface area is 124 Å². The molecule has 5 rings (SSSR count). The van der Waals surface area contributed by atoms with Gasteiger partial charge < -0.3 is 0 Å². The summed E-state index contributed by atoms with van der Waals surface area (Å²) < 4.78 is 0. The van der Waals surface area contributed by atoms with Crippen LogP contribution < -0.4 is 0 Å². The van der Waals surface area contributed by atoms with Gasteiger partial charge in [0.2, 0.25) is 0 Å². The lowest BCUT2D eigenvalue weighted by Crippen LogP contribution is -2.42. The van der Waals surface area contributed by atoms with Gasteiger partial charge in [0.25, 0.3) is 0 Å².